The van der Waals surface area contributed by atoms with Gasteiger partial charge in [0.25, 0.3) is 5.91 Å². The molecule has 1 heterocycles. The van der Waals surface area contributed by atoms with E-state index in [4.69, 9.17) is 4.74 Å². The number of carbonyl (C=O) groups is 1. The third-order valence-corrected chi connectivity index (χ3v) is 2.76. The summed E-state index contributed by atoms with van der Waals surface area (Å²) in [7, 11) is 0. The first-order valence-electron chi connectivity index (χ1n) is 7.05. The predicted molar refractivity (Wildman–Crippen MR) is 78.3 cm³/mol. The minimum absolute atomic E-state index is 0.260. The first kappa shape index (κ1) is 15.0. The number of aromatic nitrogens is 4. The number of ether oxygens (including phenoxy) is 1. The molecule has 0 unspecified atom stereocenters. The minimum atomic E-state index is -0.260. The number of aryl methyl sites for hydroxylation is 1. The van der Waals surface area contributed by atoms with Crippen molar-refractivity contribution in [3.63, 3.8) is 0 Å². The van der Waals surface area contributed by atoms with E-state index in [1.807, 2.05) is 19.9 Å². The maximum Gasteiger partial charge on any atom is 0.258 e. The second kappa shape index (κ2) is 7.37. The molecule has 0 aliphatic rings. The Morgan fingerprint density at radius 1 is 1.33 bits per heavy atom. The van der Waals surface area contributed by atoms with E-state index in [1.165, 1.54) is 0 Å². The predicted octanol–water partition coefficient (Wildman–Crippen LogP) is 2.12. The molecule has 1 aromatic carbocycles. The average Bonchev–Trinajstić information content (AvgIpc) is 2.93. The summed E-state index contributed by atoms with van der Waals surface area (Å²) in [5.74, 6) is 0.767. The van der Waals surface area contributed by atoms with Crippen LogP contribution in [0, 0.1) is 0 Å². The molecule has 1 N–H and O–H groups in total. The van der Waals surface area contributed by atoms with E-state index in [2.05, 4.69) is 20.8 Å². The average molecular weight is 289 g/mol. The molecule has 0 radical (unpaired) electrons. The maximum absolute atomic E-state index is 12.2. The SMILES string of the molecule is CCCOc1cccc(C(=O)Nc2nnnn2CCC)c1. The maximum atomic E-state index is 12.2. The van der Waals surface area contributed by atoms with Gasteiger partial charge in [-0.1, -0.05) is 25.0 Å². The lowest BCUT2D eigenvalue weighted by molar-refractivity contribution is 0.102. The van der Waals surface area contributed by atoms with Gasteiger partial charge in [-0.15, -0.1) is 0 Å². The summed E-state index contributed by atoms with van der Waals surface area (Å²) in [5, 5.41) is 13.9. The summed E-state index contributed by atoms with van der Waals surface area (Å²) in [6.07, 6.45) is 1.80. The highest BCUT2D eigenvalue weighted by Crippen LogP contribution is 2.15. The number of hydrogen-bond acceptors (Lipinski definition) is 5. The van der Waals surface area contributed by atoms with Crippen molar-refractivity contribution in [1.82, 2.24) is 20.2 Å². The summed E-state index contributed by atoms with van der Waals surface area (Å²) >= 11 is 0. The molecule has 7 nitrogen and oxygen atoms in total. The lowest BCUT2D eigenvalue weighted by atomic mass is 10.2. The van der Waals surface area contributed by atoms with Gasteiger partial charge in [0.05, 0.1) is 6.61 Å². The largest absolute Gasteiger partial charge is 0.494 e. The fourth-order valence-corrected chi connectivity index (χ4v) is 1.78. The first-order chi connectivity index (χ1) is 10.2. The van der Waals surface area contributed by atoms with E-state index in [0.717, 1.165) is 12.8 Å². The van der Waals surface area contributed by atoms with Gasteiger partial charge in [0.2, 0.25) is 5.95 Å². The molecule has 0 spiro atoms. The van der Waals surface area contributed by atoms with Crippen LogP contribution in [0.25, 0.3) is 0 Å². The number of benzene rings is 1. The van der Waals surface area contributed by atoms with Crippen LogP contribution in [0.4, 0.5) is 5.95 Å². The third kappa shape index (κ3) is 4.01. The number of carbonyl (C=O) groups excluding carboxylic acids is 1. The molecule has 2 rings (SSSR count). The van der Waals surface area contributed by atoms with E-state index >= 15 is 0 Å². The van der Waals surface area contributed by atoms with Crippen LogP contribution < -0.4 is 10.1 Å². The third-order valence-electron chi connectivity index (χ3n) is 2.76. The highest BCUT2D eigenvalue weighted by atomic mass is 16.5. The molecule has 0 fully saturated rings. The number of nitrogens with one attached hydrogen (secondary N) is 1. The lowest BCUT2D eigenvalue weighted by Gasteiger charge is -2.08. The molecular weight excluding hydrogens is 270 g/mol. The van der Waals surface area contributed by atoms with Gasteiger partial charge in [-0.05, 0) is 41.5 Å². The van der Waals surface area contributed by atoms with Crippen molar-refractivity contribution in [3.05, 3.63) is 29.8 Å². The van der Waals surface area contributed by atoms with E-state index in [0.29, 0.717) is 30.4 Å². The molecule has 0 aliphatic heterocycles. The van der Waals surface area contributed by atoms with Crippen LogP contribution in [-0.2, 0) is 6.54 Å². The Labute approximate surface area is 123 Å². The van der Waals surface area contributed by atoms with E-state index in [9.17, 15) is 4.79 Å². The summed E-state index contributed by atoms with van der Waals surface area (Å²) in [5.41, 5.74) is 0.509. The zero-order valence-electron chi connectivity index (χ0n) is 12.2. The molecule has 21 heavy (non-hydrogen) atoms. The van der Waals surface area contributed by atoms with Gasteiger partial charge >= 0.3 is 0 Å². The normalized spacial score (nSPS) is 10.4. The Balaban J connectivity index is 2.07. The highest BCUT2D eigenvalue weighted by Gasteiger charge is 2.12. The van der Waals surface area contributed by atoms with Gasteiger partial charge in [0.1, 0.15) is 5.75 Å². The van der Waals surface area contributed by atoms with Crippen molar-refractivity contribution in [1.29, 1.82) is 0 Å². The number of anilines is 1. The van der Waals surface area contributed by atoms with Crippen molar-refractivity contribution in [2.24, 2.45) is 0 Å². The zero-order chi connectivity index (χ0) is 15.1. The summed E-state index contributed by atoms with van der Waals surface area (Å²) in [4.78, 5) is 12.2. The second-order valence-corrected chi connectivity index (χ2v) is 4.56. The molecular formula is C14H19N5O2. The molecule has 7 heteroatoms. The van der Waals surface area contributed by atoms with Crippen LogP contribution in [0.3, 0.4) is 0 Å². The molecule has 2 aromatic rings. The fourth-order valence-electron chi connectivity index (χ4n) is 1.78. The number of nitrogens with zero attached hydrogens (tertiary/aromatic N) is 4. The van der Waals surface area contributed by atoms with E-state index < -0.39 is 0 Å². The van der Waals surface area contributed by atoms with Crippen LogP contribution >= 0.6 is 0 Å². The summed E-state index contributed by atoms with van der Waals surface area (Å²) in [6, 6.07) is 7.05. The van der Waals surface area contributed by atoms with Crippen molar-refractivity contribution in [2.45, 2.75) is 33.2 Å². The molecule has 112 valence electrons. The van der Waals surface area contributed by atoms with Gasteiger partial charge in [-0.2, -0.15) is 0 Å². The Morgan fingerprint density at radius 3 is 2.95 bits per heavy atom. The van der Waals surface area contributed by atoms with Crippen LogP contribution in [0.2, 0.25) is 0 Å². The minimum Gasteiger partial charge on any atom is -0.494 e. The van der Waals surface area contributed by atoms with Crippen LogP contribution in [0.1, 0.15) is 37.0 Å². The molecule has 0 bridgehead atoms. The van der Waals surface area contributed by atoms with E-state index in [-0.39, 0.29) is 5.91 Å². The molecule has 0 atom stereocenters. The monoisotopic (exact) mass is 289 g/mol. The van der Waals surface area contributed by atoms with Crippen molar-refractivity contribution in [2.75, 3.05) is 11.9 Å². The number of rotatable bonds is 7. The Morgan fingerprint density at radius 2 is 2.19 bits per heavy atom. The fraction of sp³-hybridized carbons (Fsp3) is 0.429. The molecule has 0 saturated carbocycles. The van der Waals surface area contributed by atoms with Crippen molar-refractivity contribution < 1.29 is 9.53 Å². The van der Waals surface area contributed by atoms with Gasteiger partial charge in [-0.3, -0.25) is 10.1 Å². The van der Waals surface area contributed by atoms with Crippen molar-refractivity contribution in [3.8, 4) is 5.75 Å². The number of tetrazole rings is 1. The van der Waals surface area contributed by atoms with Crippen LogP contribution in [0.15, 0.2) is 24.3 Å². The van der Waals surface area contributed by atoms with E-state index in [1.54, 1.807) is 22.9 Å². The standard InChI is InChI=1S/C14H19N5O2/c1-3-8-19-14(16-17-18-19)15-13(20)11-6-5-7-12(10-11)21-9-4-2/h5-7,10H,3-4,8-9H2,1-2H3,(H,15,16,18,20). The molecule has 0 aliphatic carbocycles. The summed E-state index contributed by atoms with van der Waals surface area (Å²) in [6.45, 7) is 5.33. The molecule has 1 aromatic heterocycles. The van der Waals surface area contributed by atoms with Gasteiger partial charge in [-0.25, -0.2) is 4.68 Å². The Bertz CT molecular complexity index is 597. The zero-order valence-corrected chi connectivity index (χ0v) is 12.2. The topological polar surface area (TPSA) is 81.9 Å². The molecule has 0 saturated heterocycles. The number of hydrogen-bond donors (Lipinski definition) is 1. The second-order valence-electron chi connectivity index (χ2n) is 4.56. The van der Waals surface area contributed by atoms with Gasteiger partial charge < -0.3 is 4.74 Å². The Hall–Kier alpha value is -2.44. The van der Waals surface area contributed by atoms with Crippen molar-refractivity contribution >= 4 is 11.9 Å². The van der Waals surface area contributed by atoms with Gasteiger partial charge in [0, 0.05) is 12.1 Å². The molecule has 1 amide bonds. The smallest absolute Gasteiger partial charge is 0.258 e. The number of amides is 1. The van der Waals surface area contributed by atoms with Gasteiger partial charge in [0.15, 0.2) is 0 Å². The van der Waals surface area contributed by atoms with Crippen LogP contribution in [0.5, 0.6) is 5.75 Å². The van der Waals surface area contributed by atoms with Crippen LogP contribution in [-0.4, -0.2) is 32.7 Å². The quantitative estimate of drug-likeness (QED) is 0.844. The summed E-state index contributed by atoms with van der Waals surface area (Å²) < 4.78 is 7.08. The Kier molecular flexibility index (Phi) is 5.25. The first-order valence-corrected chi connectivity index (χ1v) is 7.05. The lowest BCUT2D eigenvalue weighted by Crippen LogP contribution is -2.16. The highest BCUT2D eigenvalue weighted by molar-refractivity contribution is 6.03.